The van der Waals surface area contributed by atoms with Gasteiger partial charge >= 0.3 is 0 Å². The van der Waals surface area contributed by atoms with E-state index < -0.39 is 0 Å². The Morgan fingerprint density at radius 2 is 1.85 bits per heavy atom. The highest BCUT2D eigenvalue weighted by Crippen LogP contribution is 2.14. The number of pyridine rings is 1. The molecule has 0 unspecified atom stereocenters. The molecule has 1 aromatic heterocycles. The van der Waals surface area contributed by atoms with Gasteiger partial charge in [-0.05, 0) is 42.7 Å². The van der Waals surface area contributed by atoms with Crippen LogP contribution in [0.2, 0.25) is 0 Å². The third-order valence-electron chi connectivity index (χ3n) is 4.26. The van der Waals surface area contributed by atoms with Crippen LogP contribution in [-0.2, 0) is 4.79 Å². The van der Waals surface area contributed by atoms with E-state index in [4.69, 9.17) is 0 Å². The fraction of sp³-hybridized carbons (Fsp3) is 0.250. The third-order valence-corrected chi connectivity index (χ3v) is 4.26. The summed E-state index contributed by atoms with van der Waals surface area (Å²) in [5.74, 6) is -0.601. The number of piperidine rings is 1. The zero-order valence-electron chi connectivity index (χ0n) is 14.3. The molecule has 6 heteroatoms. The van der Waals surface area contributed by atoms with Crippen LogP contribution in [0.4, 0.5) is 0 Å². The molecule has 1 aromatic carbocycles. The van der Waals surface area contributed by atoms with E-state index in [1.807, 2.05) is 12.1 Å². The molecule has 26 heavy (non-hydrogen) atoms. The zero-order valence-corrected chi connectivity index (χ0v) is 14.3. The predicted octanol–water partition coefficient (Wildman–Crippen LogP) is 1.84. The lowest BCUT2D eigenvalue weighted by Crippen LogP contribution is -2.43. The van der Waals surface area contributed by atoms with E-state index in [9.17, 15) is 14.7 Å². The standard InChI is InChI=1S/C20H21N3O3/c24-17-8-11-23(12-9-17)20(26)18(13-15-5-4-10-21-14-15)22-19(25)16-6-2-1-3-7-16/h1-7,10,13-14,17,24H,8-9,11-12H2,(H,22,25). The molecule has 6 nitrogen and oxygen atoms in total. The van der Waals surface area contributed by atoms with E-state index in [1.165, 1.54) is 0 Å². The minimum absolute atomic E-state index is 0.197. The SMILES string of the molecule is O=C(NC(=Cc1cccnc1)C(=O)N1CCC(O)CC1)c1ccccc1. The molecule has 1 fully saturated rings. The Balaban J connectivity index is 1.83. The number of hydrogen-bond acceptors (Lipinski definition) is 4. The number of aromatic nitrogens is 1. The van der Waals surface area contributed by atoms with Gasteiger partial charge in [-0.2, -0.15) is 0 Å². The van der Waals surface area contributed by atoms with Gasteiger partial charge in [0.25, 0.3) is 11.8 Å². The van der Waals surface area contributed by atoms with Crippen LogP contribution in [-0.4, -0.2) is 46.0 Å². The number of rotatable bonds is 4. The van der Waals surface area contributed by atoms with Crippen molar-refractivity contribution in [1.29, 1.82) is 0 Å². The number of carbonyl (C=O) groups excluding carboxylic acids is 2. The molecule has 2 aromatic rings. The fourth-order valence-corrected chi connectivity index (χ4v) is 2.80. The topological polar surface area (TPSA) is 82.5 Å². The third kappa shape index (κ3) is 4.55. The Bertz CT molecular complexity index is 782. The molecule has 0 saturated carbocycles. The second-order valence-corrected chi connectivity index (χ2v) is 6.19. The van der Waals surface area contributed by atoms with Gasteiger partial charge in [-0.3, -0.25) is 14.6 Å². The average molecular weight is 351 g/mol. The Labute approximate surface area is 152 Å². The number of carbonyl (C=O) groups is 2. The van der Waals surface area contributed by atoms with Crippen LogP contribution in [0.25, 0.3) is 6.08 Å². The summed E-state index contributed by atoms with van der Waals surface area (Å²) in [6.45, 7) is 0.928. The minimum Gasteiger partial charge on any atom is -0.393 e. The molecular formula is C20H21N3O3. The molecule has 2 N–H and O–H groups in total. The number of nitrogens with zero attached hydrogens (tertiary/aromatic N) is 2. The molecule has 1 aliphatic heterocycles. The van der Waals surface area contributed by atoms with Gasteiger partial charge in [-0.25, -0.2) is 0 Å². The van der Waals surface area contributed by atoms with Crippen LogP contribution in [0, 0.1) is 0 Å². The van der Waals surface area contributed by atoms with Crippen molar-refractivity contribution in [1.82, 2.24) is 15.2 Å². The van der Waals surface area contributed by atoms with Gasteiger partial charge in [0.15, 0.2) is 0 Å². The van der Waals surface area contributed by atoms with Crippen LogP contribution in [0.1, 0.15) is 28.8 Å². The summed E-state index contributed by atoms with van der Waals surface area (Å²) in [5, 5.41) is 12.4. The molecule has 3 rings (SSSR count). The highest BCUT2D eigenvalue weighted by atomic mass is 16.3. The monoisotopic (exact) mass is 351 g/mol. The van der Waals surface area contributed by atoms with Crippen molar-refractivity contribution < 1.29 is 14.7 Å². The lowest BCUT2D eigenvalue weighted by molar-refractivity contribution is -0.129. The summed E-state index contributed by atoms with van der Waals surface area (Å²) < 4.78 is 0. The number of aliphatic hydroxyl groups is 1. The maximum absolute atomic E-state index is 12.9. The number of benzene rings is 1. The van der Waals surface area contributed by atoms with Gasteiger partial charge < -0.3 is 15.3 Å². The quantitative estimate of drug-likeness (QED) is 0.824. The lowest BCUT2D eigenvalue weighted by atomic mass is 10.1. The molecule has 2 heterocycles. The first-order chi connectivity index (χ1) is 12.6. The number of hydrogen-bond donors (Lipinski definition) is 2. The first kappa shape index (κ1) is 17.8. The van der Waals surface area contributed by atoms with E-state index in [2.05, 4.69) is 10.3 Å². The highest BCUT2D eigenvalue weighted by Gasteiger charge is 2.25. The Kier molecular flexibility index (Phi) is 5.76. The molecule has 0 radical (unpaired) electrons. The number of aliphatic hydroxyl groups excluding tert-OH is 1. The average Bonchev–Trinajstić information content (AvgIpc) is 2.69. The van der Waals surface area contributed by atoms with Crippen molar-refractivity contribution in [2.75, 3.05) is 13.1 Å². The smallest absolute Gasteiger partial charge is 0.270 e. The molecule has 0 atom stereocenters. The normalized spacial score (nSPS) is 15.6. The molecule has 0 bridgehead atoms. The summed E-state index contributed by atoms with van der Waals surface area (Å²) in [7, 11) is 0. The van der Waals surface area contributed by atoms with Gasteiger partial charge in [0, 0.05) is 31.0 Å². The van der Waals surface area contributed by atoms with E-state index in [-0.39, 0.29) is 23.6 Å². The molecule has 2 amide bonds. The van der Waals surface area contributed by atoms with Crippen LogP contribution >= 0.6 is 0 Å². The first-order valence-electron chi connectivity index (χ1n) is 8.59. The van der Waals surface area contributed by atoms with Gasteiger partial charge in [-0.1, -0.05) is 24.3 Å². The van der Waals surface area contributed by atoms with Crippen molar-refractivity contribution in [2.45, 2.75) is 18.9 Å². The van der Waals surface area contributed by atoms with E-state index in [0.29, 0.717) is 31.5 Å². The van der Waals surface area contributed by atoms with Crippen molar-refractivity contribution in [3.05, 3.63) is 71.7 Å². The van der Waals surface area contributed by atoms with Crippen molar-refractivity contribution in [3.8, 4) is 0 Å². The van der Waals surface area contributed by atoms with Gasteiger partial charge in [0.05, 0.1) is 6.10 Å². The number of likely N-dealkylation sites (tertiary alicyclic amines) is 1. The minimum atomic E-state index is -0.372. The van der Waals surface area contributed by atoms with Crippen molar-refractivity contribution >= 4 is 17.9 Å². The van der Waals surface area contributed by atoms with Gasteiger partial charge in [0.1, 0.15) is 5.70 Å². The largest absolute Gasteiger partial charge is 0.393 e. The maximum Gasteiger partial charge on any atom is 0.270 e. The van der Waals surface area contributed by atoms with E-state index in [0.717, 1.165) is 5.56 Å². The fourth-order valence-electron chi connectivity index (χ4n) is 2.80. The van der Waals surface area contributed by atoms with Crippen molar-refractivity contribution in [2.24, 2.45) is 0 Å². The van der Waals surface area contributed by atoms with Crippen LogP contribution in [0.3, 0.4) is 0 Å². The summed E-state index contributed by atoms with van der Waals surface area (Å²) in [6, 6.07) is 12.3. The zero-order chi connectivity index (χ0) is 18.4. The molecule has 134 valence electrons. The molecular weight excluding hydrogens is 330 g/mol. The highest BCUT2D eigenvalue weighted by molar-refractivity contribution is 6.05. The molecule has 0 spiro atoms. The summed E-state index contributed by atoms with van der Waals surface area (Å²) in [6.07, 6.45) is 5.61. The maximum atomic E-state index is 12.9. The summed E-state index contributed by atoms with van der Waals surface area (Å²) in [5.41, 5.74) is 1.40. The van der Waals surface area contributed by atoms with E-state index >= 15 is 0 Å². The molecule has 1 saturated heterocycles. The summed E-state index contributed by atoms with van der Waals surface area (Å²) in [4.78, 5) is 31.1. The van der Waals surface area contributed by atoms with Gasteiger partial charge in [0.2, 0.25) is 0 Å². The van der Waals surface area contributed by atoms with Crippen LogP contribution < -0.4 is 5.32 Å². The van der Waals surface area contributed by atoms with Crippen LogP contribution in [0.15, 0.2) is 60.6 Å². The molecule has 1 aliphatic rings. The second kappa shape index (κ2) is 8.40. The predicted molar refractivity (Wildman–Crippen MR) is 97.9 cm³/mol. The first-order valence-corrected chi connectivity index (χ1v) is 8.59. The summed E-state index contributed by atoms with van der Waals surface area (Å²) >= 11 is 0. The van der Waals surface area contributed by atoms with Crippen molar-refractivity contribution in [3.63, 3.8) is 0 Å². The number of nitrogens with one attached hydrogen (secondary N) is 1. The van der Waals surface area contributed by atoms with Crippen LogP contribution in [0.5, 0.6) is 0 Å². The second-order valence-electron chi connectivity index (χ2n) is 6.19. The lowest BCUT2D eigenvalue weighted by Gasteiger charge is -2.30. The number of amides is 2. The van der Waals surface area contributed by atoms with Gasteiger partial charge in [-0.15, -0.1) is 0 Å². The van der Waals surface area contributed by atoms with E-state index in [1.54, 1.807) is 53.7 Å². The Morgan fingerprint density at radius 1 is 1.12 bits per heavy atom. The molecule has 0 aliphatic carbocycles. The Hall–Kier alpha value is -2.99. The Morgan fingerprint density at radius 3 is 2.50 bits per heavy atom.